The average molecular weight is 365 g/mol. The van der Waals surface area contributed by atoms with Crippen molar-refractivity contribution in [3.63, 3.8) is 0 Å². The number of amides is 1. The van der Waals surface area contributed by atoms with Crippen molar-refractivity contribution in [3.8, 4) is 5.75 Å². The molecule has 4 rings (SSSR count). The lowest BCUT2D eigenvalue weighted by atomic mass is 9.87. The first-order valence-corrected chi connectivity index (χ1v) is 9.89. The van der Waals surface area contributed by atoms with E-state index in [1.54, 1.807) is 7.11 Å². The molecule has 4 heteroatoms. The van der Waals surface area contributed by atoms with Gasteiger partial charge in [0, 0.05) is 13.2 Å². The van der Waals surface area contributed by atoms with Crippen LogP contribution in [0.25, 0.3) is 0 Å². The molecule has 4 nitrogen and oxygen atoms in total. The number of rotatable bonds is 4. The Morgan fingerprint density at radius 1 is 1.15 bits per heavy atom. The summed E-state index contributed by atoms with van der Waals surface area (Å²) in [6.07, 6.45) is 4.71. The Morgan fingerprint density at radius 3 is 2.70 bits per heavy atom. The van der Waals surface area contributed by atoms with Gasteiger partial charge in [-0.15, -0.1) is 0 Å². The second-order valence-corrected chi connectivity index (χ2v) is 7.40. The first-order chi connectivity index (χ1) is 13.3. The fraction of sp³-hybridized carbons (Fsp3) is 0.435. The van der Waals surface area contributed by atoms with Gasteiger partial charge in [-0.3, -0.25) is 4.79 Å². The third-order valence-corrected chi connectivity index (χ3v) is 5.71. The fourth-order valence-electron chi connectivity index (χ4n) is 4.26. The minimum Gasteiger partial charge on any atom is -0.497 e. The highest BCUT2D eigenvalue weighted by Gasteiger charge is 2.33. The van der Waals surface area contributed by atoms with Crippen molar-refractivity contribution >= 4 is 5.91 Å². The minimum absolute atomic E-state index is 0.0445. The topological polar surface area (TPSA) is 38.8 Å². The third-order valence-electron chi connectivity index (χ3n) is 5.71. The molecule has 142 valence electrons. The van der Waals surface area contributed by atoms with Crippen LogP contribution in [0.2, 0.25) is 0 Å². The molecule has 1 fully saturated rings. The molecule has 0 spiro atoms. The second kappa shape index (κ2) is 8.13. The number of ether oxygens (including phenoxy) is 2. The Balaban J connectivity index is 1.63. The van der Waals surface area contributed by atoms with E-state index in [9.17, 15) is 4.79 Å². The number of carbonyl (C=O) groups is 1. The molecule has 0 N–H and O–H groups in total. The zero-order valence-corrected chi connectivity index (χ0v) is 15.9. The predicted molar refractivity (Wildman–Crippen MR) is 105 cm³/mol. The summed E-state index contributed by atoms with van der Waals surface area (Å²) in [6.45, 7) is 1.53. The van der Waals surface area contributed by atoms with E-state index in [-0.39, 0.29) is 18.1 Å². The van der Waals surface area contributed by atoms with Gasteiger partial charge in [0.05, 0.1) is 25.7 Å². The molecule has 0 radical (unpaired) electrons. The fourth-order valence-corrected chi connectivity index (χ4v) is 4.26. The molecule has 1 saturated heterocycles. The first-order valence-electron chi connectivity index (χ1n) is 9.89. The van der Waals surface area contributed by atoms with Crippen LogP contribution in [0.3, 0.4) is 0 Å². The van der Waals surface area contributed by atoms with Crippen LogP contribution in [0.5, 0.6) is 5.75 Å². The Hall–Kier alpha value is -2.33. The maximum atomic E-state index is 13.2. The Bertz CT molecular complexity index is 780. The van der Waals surface area contributed by atoms with Crippen LogP contribution in [-0.4, -0.2) is 37.2 Å². The summed E-state index contributed by atoms with van der Waals surface area (Å²) in [5, 5.41) is 0. The number of hydrogen-bond donors (Lipinski definition) is 0. The van der Waals surface area contributed by atoms with Crippen LogP contribution in [0.4, 0.5) is 0 Å². The molecular formula is C23H27NO3. The van der Waals surface area contributed by atoms with Gasteiger partial charge >= 0.3 is 0 Å². The molecule has 2 aromatic carbocycles. The standard InChI is InChI=1S/C23H27NO3/c1-26-19-11-9-18(10-12-19)23-21-8-3-2-6-17(21)13-14-24(23)22(25)16-20-7-4-5-15-27-20/h2-3,6,8-12,20,23H,4-5,7,13-16H2,1H3. The summed E-state index contributed by atoms with van der Waals surface area (Å²) in [5.41, 5.74) is 3.68. The van der Waals surface area contributed by atoms with Gasteiger partial charge in [-0.05, 0) is 54.5 Å². The number of methoxy groups -OCH3 is 1. The van der Waals surface area contributed by atoms with Crippen molar-refractivity contribution in [2.24, 2.45) is 0 Å². The van der Waals surface area contributed by atoms with E-state index in [2.05, 4.69) is 36.4 Å². The van der Waals surface area contributed by atoms with E-state index in [0.29, 0.717) is 6.42 Å². The van der Waals surface area contributed by atoms with E-state index in [1.807, 2.05) is 17.0 Å². The van der Waals surface area contributed by atoms with Crippen LogP contribution in [0.15, 0.2) is 48.5 Å². The normalized spacial score (nSPS) is 22.2. The summed E-state index contributed by atoms with van der Waals surface area (Å²) in [7, 11) is 1.67. The number of fused-ring (bicyclic) bond motifs is 1. The van der Waals surface area contributed by atoms with Gasteiger partial charge in [-0.25, -0.2) is 0 Å². The first kappa shape index (κ1) is 18.1. The maximum Gasteiger partial charge on any atom is 0.225 e. The molecule has 27 heavy (non-hydrogen) atoms. The average Bonchev–Trinajstić information content (AvgIpc) is 2.73. The molecule has 2 aromatic rings. The van der Waals surface area contributed by atoms with Crippen LogP contribution >= 0.6 is 0 Å². The van der Waals surface area contributed by atoms with Crippen LogP contribution < -0.4 is 4.74 Å². The van der Waals surface area contributed by atoms with Crippen LogP contribution in [0, 0.1) is 0 Å². The van der Waals surface area contributed by atoms with E-state index >= 15 is 0 Å². The number of nitrogens with zero attached hydrogens (tertiary/aromatic N) is 1. The molecule has 2 aliphatic rings. The van der Waals surface area contributed by atoms with E-state index in [0.717, 1.165) is 50.1 Å². The molecule has 0 saturated carbocycles. The van der Waals surface area contributed by atoms with Gasteiger partial charge in [0.1, 0.15) is 5.75 Å². The monoisotopic (exact) mass is 365 g/mol. The van der Waals surface area contributed by atoms with Crippen molar-refractivity contribution in [1.29, 1.82) is 0 Å². The summed E-state index contributed by atoms with van der Waals surface area (Å²) in [4.78, 5) is 15.2. The van der Waals surface area contributed by atoms with Crippen LogP contribution in [0.1, 0.15) is 48.4 Å². The highest BCUT2D eigenvalue weighted by atomic mass is 16.5. The Morgan fingerprint density at radius 2 is 1.96 bits per heavy atom. The number of benzene rings is 2. The lowest BCUT2D eigenvalue weighted by Crippen LogP contribution is -2.42. The van der Waals surface area contributed by atoms with Gasteiger partial charge in [0.2, 0.25) is 5.91 Å². The summed E-state index contributed by atoms with van der Waals surface area (Å²) in [6, 6.07) is 16.5. The lowest BCUT2D eigenvalue weighted by molar-refractivity contribution is -0.137. The lowest BCUT2D eigenvalue weighted by Gasteiger charge is -2.38. The summed E-state index contributed by atoms with van der Waals surface area (Å²) >= 11 is 0. The van der Waals surface area contributed by atoms with Gasteiger partial charge in [-0.1, -0.05) is 36.4 Å². The zero-order valence-electron chi connectivity index (χ0n) is 15.9. The summed E-state index contributed by atoms with van der Waals surface area (Å²) in [5.74, 6) is 1.02. The zero-order chi connectivity index (χ0) is 18.6. The largest absolute Gasteiger partial charge is 0.497 e. The molecule has 0 aliphatic carbocycles. The van der Waals surface area contributed by atoms with Crippen LogP contribution in [-0.2, 0) is 16.0 Å². The van der Waals surface area contributed by atoms with E-state index in [4.69, 9.17) is 9.47 Å². The number of hydrogen-bond acceptors (Lipinski definition) is 3. The Labute approximate surface area is 161 Å². The molecule has 2 atom stereocenters. The van der Waals surface area contributed by atoms with Gasteiger partial charge in [0.15, 0.2) is 0 Å². The third kappa shape index (κ3) is 3.86. The van der Waals surface area contributed by atoms with Gasteiger partial charge in [0.25, 0.3) is 0 Å². The van der Waals surface area contributed by atoms with E-state index < -0.39 is 0 Å². The molecule has 0 bridgehead atoms. The highest BCUT2D eigenvalue weighted by Crippen LogP contribution is 2.36. The smallest absolute Gasteiger partial charge is 0.225 e. The van der Waals surface area contributed by atoms with Gasteiger partial charge < -0.3 is 14.4 Å². The van der Waals surface area contributed by atoms with Crippen molar-refractivity contribution < 1.29 is 14.3 Å². The maximum absolute atomic E-state index is 13.2. The SMILES string of the molecule is COc1ccc(C2c3ccccc3CCN2C(=O)CC2CCCCO2)cc1. The highest BCUT2D eigenvalue weighted by molar-refractivity contribution is 5.78. The van der Waals surface area contributed by atoms with Gasteiger partial charge in [-0.2, -0.15) is 0 Å². The van der Waals surface area contributed by atoms with Crippen molar-refractivity contribution in [2.45, 2.75) is 44.2 Å². The molecular weight excluding hydrogens is 338 g/mol. The van der Waals surface area contributed by atoms with Crippen molar-refractivity contribution in [3.05, 3.63) is 65.2 Å². The van der Waals surface area contributed by atoms with Crippen molar-refractivity contribution in [2.75, 3.05) is 20.3 Å². The molecule has 0 aromatic heterocycles. The quantitative estimate of drug-likeness (QED) is 0.818. The number of carbonyl (C=O) groups excluding carboxylic acids is 1. The summed E-state index contributed by atoms with van der Waals surface area (Å²) < 4.78 is 11.1. The molecule has 2 heterocycles. The molecule has 1 amide bonds. The predicted octanol–water partition coefficient (Wildman–Crippen LogP) is 4.13. The van der Waals surface area contributed by atoms with E-state index in [1.165, 1.54) is 11.1 Å². The minimum atomic E-state index is -0.0445. The van der Waals surface area contributed by atoms with Crippen molar-refractivity contribution in [1.82, 2.24) is 4.90 Å². The Kier molecular flexibility index (Phi) is 5.44. The second-order valence-electron chi connectivity index (χ2n) is 7.40. The molecule has 2 unspecified atom stereocenters. The molecule has 2 aliphatic heterocycles.